The van der Waals surface area contributed by atoms with Gasteiger partial charge in [-0.25, -0.2) is 4.79 Å². The van der Waals surface area contributed by atoms with Gasteiger partial charge in [0.2, 0.25) is 0 Å². The summed E-state index contributed by atoms with van der Waals surface area (Å²) in [5.74, 6) is 0.401. The maximum Gasteiger partial charge on any atom is 0.410 e. The Morgan fingerprint density at radius 3 is 2.81 bits per heavy atom. The highest BCUT2D eigenvalue weighted by Crippen LogP contribution is 2.47. The van der Waals surface area contributed by atoms with Crippen molar-refractivity contribution in [1.29, 1.82) is 0 Å². The molecule has 0 aromatic carbocycles. The zero-order chi connectivity index (χ0) is 15.2. The van der Waals surface area contributed by atoms with Crippen molar-refractivity contribution in [3.8, 4) is 0 Å². The van der Waals surface area contributed by atoms with Gasteiger partial charge >= 0.3 is 6.09 Å². The van der Waals surface area contributed by atoms with Gasteiger partial charge in [0.05, 0.1) is 0 Å². The summed E-state index contributed by atoms with van der Waals surface area (Å²) in [7, 11) is 0. The normalized spacial score (nSPS) is 28.0. The molecule has 2 fully saturated rings. The van der Waals surface area contributed by atoms with Gasteiger partial charge in [-0.15, -0.1) is 0 Å². The molecule has 1 amide bonds. The molecule has 5 heteroatoms. The second-order valence-electron chi connectivity index (χ2n) is 6.96. The van der Waals surface area contributed by atoms with E-state index in [2.05, 4.69) is 33.6 Å². The van der Waals surface area contributed by atoms with Crippen LogP contribution in [0.1, 0.15) is 51.5 Å². The van der Waals surface area contributed by atoms with E-state index in [1.54, 1.807) is 0 Å². The number of hydrogen-bond donors (Lipinski definition) is 0. The molecule has 0 spiro atoms. The van der Waals surface area contributed by atoms with Crippen molar-refractivity contribution < 1.29 is 9.53 Å². The molecule has 1 aromatic rings. The van der Waals surface area contributed by atoms with Gasteiger partial charge in [-0.05, 0) is 74.3 Å². The van der Waals surface area contributed by atoms with E-state index in [4.69, 9.17) is 4.74 Å². The molecule has 3 rings (SSSR count). The van der Waals surface area contributed by atoms with Gasteiger partial charge in [0.25, 0.3) is 0 Å². The van der Waals surface area contributed by atoms with Crippen molar-refractivity contribution in [2.75, 3.05) is 0 Å². The van der Waals surface area contributed by atoms with Crippen molar-refractivity contribution in [3.05, 3.63) is 27.6 Å². The number of fused-ring (bicyclic) bond motifs is 2. The summed E-state index contributed by atoms with van der Waals surface area (Å²) >= 11 is 2.29. The van der Waals surface area contributed by atoms with Crippen molar-refractivity contribution >= 4 is 28.7 Å². The van der Waals surface area contributed by atoms with Crippen LogP contribution in [0.5, 0.6) is 0 Å². The smallest absolute Gasteiger partial charge is 0.410 e. The number of amides is 1. The van der Waals surface area contributed by atoms with E-state index >= 15 is 0 Å². The van der Waals surface area contributed by atoms with Crippen LogP contribution < -0.4 is 0 Å². The fraction of sp³-hybridized carbons (Fsp3) is 0.625. The van der Waals surface area contributed by atoms with Crippen LogP contribution in [-0.2, 0) is 4.74 Å². The Kier molecular flexibility index (Phi) is 3.88. The molecule has 2 saturated heterocycles. The minimum Gasteiger partial charge on any atom is -0.444 e. The standard InChI is InChI=1S/C16H21IN2O2/c1-16(2,3)21-15(20)19-12-4-5-14(19)13(7-12)10-6-11(17)9-18-8-10/h6,8-9,12-14H,4-5,7H2,1-3H3/t12-,13+,14+/m0/s1. The molecular weight excluding hydrogens is 379 g/mol. The van der Waals surface area contributed by atoms with E-state index < -0.39 is 5.60 Å². The number of ether oxygens (including phenoxy) is 1. The summed E-state index contributed by atoms with van der Waals surface area (Å²) < 4.78 is 6.73. The third kappa shape index (κ3) is 3.03. The minimum absolute atomic E-state index is 0.156. The number of carbonyl (C=O) groups is 1. The first-order valence-electron chi connectivity index (χ1n) is 7.47. The fourth-order valence-corrected chi connectivity index (χ4v) is 4.10. The lowest BCUT2D eigenvalue weighted by Gasteiger charge is -2.28. The molecule has 3 atom stereocenters. The van der Waals surface area contributed by atoms with Crippen LogP contribution in [0.3, 0.4) is 0 Å². The number of carbonyl (C=O) groups excluding carboxylic acids is 1. The Balaban J connectivity index is 1.79. The molecule has 114 valence electrons. The van der Waals surface area contributed by atoms with E-state index in [-0.39, 0.29) is 12.1 Å². The van der Waals surface area contributed by atoms with Crippen LogP contribution in [0, 0.1) is 3.57 Å². The topological polar surface area (TPSA) is 42.4 Å². The molecule has 0 radical (unpaired) electrons. The molecule has 2 aliphatic heterocycles. The number of hydrogen-bond acceptors (Lipinski definition) is 3. The Labute approximate surface area is 139 Å². The molecule has 0 saturated carbocycles. The lowest BCUT2D eigenvalue weighted by atomic mass is 9.85. The number of nitrogens with zero attached hydrogens (tertiary/aromatic N) is 2. The van der Waals surface area contributed by atoms with Gasteiger partial charge in [-0.3, -0.25) is 4.98 Å². The van der Waals surface area contributed by atoms with Gasteiger partial charge in [0.1, 0.15) is 5.60 Å². The summed E-state index contributed by atoms with van der Waals surface area (Å²) in [5.41, 5.74) is 0.820. The Bertz CT molecular complexity index is 555. The van der Waals surface area contributed by atoms with Crippen LogP contribution in [-0.4, -0.2) is 33.7 Å². The summed E-state index contributed by atoms with van der Waals surface area (Å²) in [5, 5.41) is 0. The van der Waals surface area contributed by atoms with Gasteiger partial charge in [-0.2, -0.15) is 0 Å². The van der Waals surface area contributed by atoms with E-state index in [1.165, 1.54) is 5.56 Å². The average molecular weight is 400 g/mol. The van der Waals surface area contributed by atoms with Crippen LogP contribution in [0.2, 0.25) is 0 Å². The number of aromatic nitrogens is 1. The SMILES string of the molecule is CC(C)(C)OC(=O)N1[C@H]2CC[C@@H]1[C@@H](c1cncc(I)c1)C2. The third-order valence-electron chi connectivity index (χ3n) is 4.30. The Morgan fingerprint density at radius 1 is 1.38 bits per heavy atom. The molecule has 0 unspecified atom stereocenters. The maximum atomic E-state index is 12.5. The predicted octanol–water partition coefficient (Wildman–Crippen LogP) is 3.94. The number of pyridine rings is 1. The molecule has 21 heavy (non-hydrogen) atoms. The zero-order valence-corrected chi connectivity index (χ0v) is 14.8. The predicted molar refractivity (Wildman–Crippen MR) is 89.2 cm³/mol. The van der Waals surface area contributed by atoms with E-state index in [9.17, 15) is 4.79 Å². The van der Waals surface area contributed by atoms with Gasteiger partial charge in [0.15, 0.2) is 0 Å². The first kappa shape index (κ1) is 15.1. The lowest BCUT2D eigenvalue weighted by molar-refractivity contribution is 0.0213. The first-order valence-corrected chi connectivity index (χ1v) is 8.55. The van der Waals surface area contributed by atoms with Gasteiger partial charge in [-0.1, -0.05) is 0 Å². The van der Waals surface area contributed by atoms with Crippen LogP contribution in [0.25, 0.3) is 0 Å². The molecule has 0 N–H and O–H groups in total. The number of rotatable bonds is 1. The Morgan fingerprint density at radius 2 is 2.14 bits per heavy atom. The second kappa shape index (κ2) is 5.41. The fourth-order valence-electron chi connectivity index (χ4n) is 3.58. The second-order valence-corrected chi connectivity index (χ2v) is 8.21. The van der Waals surface area contributed by atoms with E-state index in [0.29, 0.717) is 12.0 Å². The largest absolute Gasteiger partial charge is 0.444 e. The van der Waals surface area contributed by atoms with Gasteiger partial charge < -0.3 is 9.64 Å². The molecule has 3 heterocycles. The van der Waals surface area contributed by atoms with Crippen molar-refractivity contribution in [2.45, 2.75) is 63.6 Å². The van der Waals surface area contributed by atoms with Crippen molar-refractivity contribution in [3.63, 3.8) is 0 Å². The Hall–Kier alpha value is -0.850. The molecule has 2 aliphatic rings. The van der Waals surface area contributed by atoms with Gasteiger partial charge in [0, 0.05) is 34.0 Å². The molecule has 0 aliphatic carbocycles. The highest BCUT2D eigenvalue weighted by atomic mass is 127. The van der Waals surface area contributed by atoms with E-state index in [1.807, 2.05) is 38.1 Å². The number of halogens is 1. The summed E-state index contributed by atoms with van der Waals surface area (Å²) in [6.45, 7) is 5.76. The summed E-state index contributed by atoms with van der Waals surface area (Å²) in [6, 6.07) is 2.78. The van der Waals surface area contributed by atoms with Crippen LogP contribution >= 0.6 is 22.6 Å². The van der Waals surface area contributed by atoms with Crippen molar-refractivity contribution in [1.82, 2.24) is 9.88 Å². The first-order chi connectivity index (χ1) is 9.85. The highest BCUT2D eigenvalue weighted by molar-refractivity contribution is 14.1. The molecule has 4 nitrogen and oxygen atoms in total. The summed E-state index contributed by atoms with van der Waals surface area (Å²) in [6.07, 6.45) is 6.85. The molecular formula is C16H21IN2O2. The molecule has 1 aromatic heterocycles. The lowest BCUT2D eigenvalue weighted by Crippen LogP contribution is -2.40. The third-order valence-corrected chi connectivity index (χ3v) is 4.89. The monoisotopic (exact) mass is 400 g/mol. The minimum atomic E-state index is -0.432. The molecule has 2 bridgehead atoms. The quantitative estimate of drug-likeness (QED) is 0.671. The maximum absolute atomic E-state index is 12.5. The average Bonchev–Trinajstić information content (AvgIpc) is 2.94. The van der Waals surface area contributed by atoms with Crippen LogP contribution in [0.15, 0.2) is 18.5 Å². The van der Waals surface area contributed by atoms with Crippen molar-refractivity contribution in [2.24, 2.45) is 0 Å². The summed E-state index contributed by atoms with van der Waals surface area (Å²) in [4.78, 5) is 18.7. The highest BCUT2D eigenvalue weighted by Gasteiger charge is 2.50. The zero-order valence-electron chi connectivity index (χ0n) is 12.7. The van der Waals surface area contributed by atoms with Crippen LogP contribution in [0.4, 0.5) is 4.79 Å². The van der Waals surface area contributed by atoms with E-state index in [0.717, 1.165) is 22.8 Å².